The van der Waals surface area contributed by atoms with Crippen LogP contribution >= 0.6 is 11.3 Å². The third kappa shape index (κ3) is 5.89. The summed E-state index contributed by atoms with van der Waals surface area (Å²) in [6, 6.07) is 8.62. The Morgan fingerprint density at radius 2 is 1.78 bits per heavy atom. The zero-order valence-corrected chi connectivity index (χ0v) is 16.8. The third-order valence-corrected chi connectivity index (χ3v) is 4.30. The number of amides is 3. The molecule has 0 aliphatic heterocycles. The average Bonchev–Trinajstić information content (AvgIpc) is 2.95. The predicted octanol–water partition coefficient (Wildman–Crippen LogP) is 3.29. The molecule has 3 amide bonds. The highest BCUT2D eigenvalue weighted by molar-refractivity contribution is 7.14. The van der Waals surface area contributed by atoms with Crippen molar-refractivity contribution in [3.8, 4) is 11.3 Å². The molecule has 0 aliphatic rings. The summed E-state index contributed by atoms with van der Waals surface area (Å²) in [6.07, 6.45) is -1.13. The van der Waals surface area contributed by atoms with Crippen LogP contribution in [-0.4, -0.2) is 34.5 Å². The number of carbonyl (C=O) groups is 3. The van der Waals surface area contributed by atoms with E-state index in [9.17, 15) is 14.4 Å². The van der Waals surface area contributed by atoms with Gasteiger partial charge in [-0.25, -0.2) is 14.6 Å². The van der Waals surface area contributed by atoms with Gasteiger partial charge in [0.2, 0.25) is 0 Å². The zero-order chi connectivity index (χ0) is 20.2. The molecule has 1 aromatic carbocycles. The minimum Gasteiger partial charge on any atom is -0.448 e. The predicted molar refractivity (Wildman–Crippen MR) is 104 cm³/mol. The lowest BCUT2D eigenvalue weighted by Crippen LogP contribution is -2.50. The number of benzene rings is 1. The first kappa shape index (κ1) is 20.6. The van der Waals surface area contributed by atoms with Crippen LogP contribution in [0.2, 0.25) is 0 Å². The Balaban J connectivity index is 2.07. The maximum atomic E-state index is 12.5. The van der Waals surface area contributed by atoms with Crippen molar-refractivity contribution in [2.45, 2.75) is 46.3 Å². The van der Waals surface area contributed by atoms with Crippen molar-refractivity contribution in [1.29, 1.82) is 0 Å². The van der Waals surface area contributed by atoms with Crippen molar-refractivity contribution in [3.05, 3.63) is 40.2 Å². The molecule has 1 heterocycles. The van der Waals surface area contributed by atoms with Gasteiger partial charge in [0.25, 0.3) is 5.91 Å². The summed E-state index contributed by atoms with van der Waals surface area (Å²) in [7, 11) is 0. The van der Waals surface area contributed by atoms with E-state index in [1.807, 2.05) is 30.3 Å². The molecule has 0 unspecified atom stereocenters. The SMILES string of the molecule is Cc1nc(-c2ccccc2)c(C(=O)O[C@@H](C)C(=O)NC(=O)NC(C)(C)C)s1. The Kier molecular flexibility index (Phi) is 6.32. The van der Waals surface area contributed by atoms with Gasteiger partial charge in [0.05, 0.1) is 10.7 Å². The quantitative estimate of drug-likeness (QED) is 0.782. The topological polar surface area (TPSA) is 97.4 Å². The number of thiazole rings is 1. The molecule has 0 bridgehead atoms. The first-order valence-electron chi connectivity index (χ1n) is 8.43. The highest BCUT2D eigenvalue weighted by Crippen LogP contribution is 2.28. The second kappa shape index (κ2) is 8.30. The molecule has 1 aromatic heterocycles. The second-order valence-electron chi connectivity index (χ2n) is 7.02. The van der Waals surface area contributed by atoms with E-state index in [1.54, 1.807) is 27.7 Å². The van der Waals surface area contributed by atoms with Gasteiger partial charge in [-0.05, 0) is 34.6 Å². The van der Waals surface area contributed by atoms with Crippen LogP contribution in [0.3, 0.4) is 0 Å². The van der Waals surface area contributed by atoms with Crippen molar-refractivity contribution in [3.63, 3.8) is 0 Å². The number of carbonyl (C=O) groups excluding carboxylic acids is 3. The molecule has 27 heavy (non-hydrogen) atoms. The van der Waals surface area contributed by atoms with E-state index in [4.69, 9.17) is 4.74 Å². The molecule has 0 saturated heterocycles. The molecule has 2 rings (SSSR count). The number of ether oxygens (including phenoxy) is 1. The van der Waals surface area contributed by atoms with E-state index in [-0.39, 0.29) is 0 Å². The number of nitrogens with zero attached hydrogens (tertiary/aromatic N) is 1. The summed E-state index contributed by atoms with van der Waals surface area (Å²) >= 11 is 1.20. The van der Waals surface area contributed by atoms with E-state index < -0.39 is 29.6 Å². The van der Waals surface area contributed by atoms with Gasteiger partial charge >= 0.3 is 12.0 Å². The lowest BCUT2D eigenvalue weighted by Gasteiger charge is -2.21. The summed E-state index contributed by atoms with van der Waals surface area (Å²) in [5.41, 5.74) is 0.811. The second-order valence-corrected chi connectivity index (χ2v) is 8.22. The van der Waals surface area contributed by atoms with Gasteiger partial charge in [0.1, 0.15) is 4.88 Å². The zero-order valence-electron chi connectivity index (χ0n) is 16.0. The molecule has 2 aromatic rings. The first-order valence-corrected chi connectivity index (χ1v) is 9.25. The van der Waals surface area contributed by atoms with Crippen LogP contribution in [0.1, 0.15) is 42.4 Å². The lowest BCUT2D eigenvalue weighted by molar-refractivity contribution is -0.127. The first-order chi connectivity index (χ1) is 12.6. The van der Waals surface area contributed by atoms with Crippen molar-refractivity contribution in [2.24, 2.45) is 0 Å². The van der Waals surface area contributed by atoms with Gasteiger partial charge in [0, 0.05) is 11.1 Å². The molecule has 8 heteroatoms. The van der Waals surface area contributed by atoms with Crippen LogP contribution < -0.4 is 10.6 Å². The van der Waals surface area contributed by atoms with Crippen LogP contribution in [0, 0.1) is 6.92 Å². The number of aryl methyl sites for hydroxylation is 1. The average molecular weight is 389 g/mol. The summed E-state index contributed by atoms with van der Waals surface area (Å²) in [4.78, 5) is 41.1. The van der Waals surface area contributed by atoms with E-state index in [0.717, 1.165) is 5.56 Å². The monoisotopic (exact) mass is 389 g/mol. The Labute approximate surface area is 162 Å². The molecule has 0 saturated carbocycles. The minimum atomic E-state index is -1.13. The number of hydrogen-bond donors (Lipinski definition) is 2. The third-order valence-electron chi connectivity index (χ3n) is 3.35. The van der Waals surface area contributed by atoms with E-state index in [0.29, 0.717) is 15.6 Å². The van der Waals surface area contributed by atoms with Gasteiger partial charge in [-0.2, -0.15) is 0 Å². The summed E-state index contributed by atoms with van der Waals surface area (Å²) in [5, 5.41) is 5.48. The smallest absolute Gasteiger partial charge is 0.351 e. The molecule has 144 valence electrons. The number of rotatable bonds is 4. The molecule has 0 radical (unpaired) electrons. The molecule has 0 spiro atoms. The number of urea groups is 1. The van der Waals surface area contributed by atoms with E-state index in [1.165, 1.54) is 18.3 Å². The maximum absolute atomic E-state index is 12.5. The Hall–Kier alpha value is -2.74. The lowest BCUT2D eigenvalue weighted by atomic mass is 10.1. The Morgan fingerprint density at radius 3 is 2.37 bits per heavy atom. The number of aromatic nitrogens is 1. The van der Waals surface area contributed by atoms with Gasteiger partial charge < -0.3 is 10.1 Å². The van der Waals surface area contributed by atoms with Crippen molar-refractivity contribution in [2.75, 3.05) is 0 Å². The number of esters is 1. The van der Waals surface area contributed by atoms with Crippen molar-refractivity contribution in [1.82, 2.24) is 15.6 Å². The maximum Gasteiger partial charge on any atom is 0.351 e. The number of imide groups is 1. The van der Waals surface area contributed by atoms with Gasteiger partial charge in [-0.15, -0.1) is 11.3 Å². The highest BCUT2D eigenvalue weighted by Gasteiger charge is 2.26. The summed E-state index contributed by atoms with van der Waals surface area (Å²) in [6.45, 7) is 8.57. The fraction of sp³-hybridized carbons (Fsp3) is 0.368. The molecule has 0 fully saturated rings. The van der Waals surface area contributed by atoms with E-state index in [2.05, 4.69) is 15.6 Å². The minimum absolute atomic E-state index is 0.317. The van der Waals surface area contributed by atoms with Crippen LogP contribution in [0.4, 0.5) is 4.79 Å². The van der Waals surface area contributed by atoms with Gasteiger partial charge in [0.15, 0.2) is 6.10 Å². The fourth-order valence-corrected chi connectivity index (χ4v) is 3.03. The Bertz CT molecular complexity index is 840. The Morgan fingerprint density at radius 1 is 1.15 bits per heavy atom. The van der Waals surface area contributed by atoms with Gasteiger partial charge in [-0.1, -0.05) is 30.3 Å². The van der Waals surface area contributed by atoms with Crippen molar-refractivity contribution >= 4 is 29.2 Å². The van der Waals surface area contributed by atoms with Crippen LogP contribution in [0.25, 0.3) is 11.3 Å². The fourth-order valence-electron chi connectivity index (χ4n) is 2.21. The standard InChI is InChI=1S/C19H23N3O4S/c1-11(16(23)21-18(25)22-19(3,4)5)26-17(24)15-14(20-12(2)27-15)13-9-7-6-8-10-13/h6-11H,1-5H3,(H2,21,22,23,25)/t11-/m0/s1. The summed E-state index contributed by atoms with van der Waals surface area (Å²) < 4.78 is 5.24. The largest absolute Gasteiger partial charge is 0.448 e. The molecular weight excluding hydrogens is 366 g/mol. The van der Waals surface area contributed by atoms with Crippen molar-refractivity contribution < 1.29 is 19.1 Å². The molecule has 7 nitrogen and oxygen atoms in total. The van der Waals surface area contributed by atoms with E-state index >= 15 is 0 Å². The molecule has 2 N–H and O–H groups in total. The molecule has 1 atom stereocenters. The van der Waals surface area contributed by atoms with Crippen LogP contribution in [0.5, 0.6) is 0 Å². The molecule has 0 aliphatic carbocycles. The normalized spacial score (nSPS) is 12.2. The van der Waals surface area contributed by atoms with Crippen LogP contribution in [-0.2, 0) is 9.53 Å². The number of hydrogen-bond acceptors (Lipinski definition) is 6. The molecular formula is C19H23N3O4S. The highest BCUT2D eigenvalue weighted by atomic mass is 32.1. The summed E-state index contributed by atoms with van der Waals surface area (Å²) in [5.74, 6) is -1.36. The van der Waals surface area contributed by atoms with Crippen LogP contribution in [0.15, 0.2) is 30.3 Å². The van der Waals surface area contributed by atoms with Gasteiger partial charge in [-0.3, -0.25) is 10.1 Å². The number of nitrogens with one attached hydrogen (secondary N) is 2.